The zero-order valence-corrected chi connectivity index (χ0v) is 17.7. The van der Waals surface area contributed by atoms with E-state index >= 15 is 0 Å². The van der Waals surface area contributed by atoms with Crippen molar-refractivity contribution in [2.24, 2.45) is 0 Å². The number of thioether (sulfide) groups is 1. The second kappa shape index (κ2) is 11.3. The quantitative estimate of drug-likeness (QED) is 0.601. The number of hydrogen-bond donors (Lipinski definition) is 2. The first-order valence-corrected chi connectivity index (χ1v) is 10.6. The molecule has 0 radical (unpaired) electrons. The zero-order chi connectivity index (χ0) is 21.2. The number of benzene rings is 2. The molecular formula is C22H26N2O4S. The summed E-state index contributed by atoms with van der Waals surface area (Å²) in [6.45, 7) is 6.28. The topological polar surface area (TPSA) is 84.5 Å². The van der Waals surface area contributed by atoms with Crippen molar-refractivity contribution >= 4 is 40.9 Å². The predicted octanol–water partition coefficient (Wildman–Crippen LogP) is 4.18. The maximum atomic E-state index is 12.1. The van der Waals surface area contributed by atoms with Crippen LogP contribution in [0.15, 0.2) is 42.5 Å². The summed E-state index contributed by atoms with van der Waals surface area (Å²) in [6.07, 6.45) is 0.747. The SMILES string of the molecule is CCCOC(=O)c1cccc(NC(=O)CSCC(=O)Nc2ccc(C)c(C)c2)c1. The third kappa shape index (κ3) is 7.62. The van der Waals surface area contributed by atoms with Crippen LogP contribution in [0, 0.1) is 13.8 Å². The van der Waals surface area contributed by atoms with Gasteiger partial charge in [0.1, 0.15) is 0 Å². The van der Waals surface area contributed by atoms with Crippen molar-refractivity contribution in [3.8, 4) is 0 Å². The number of esters is 1. The predicted molar refractivity (Wildman–Crippen MR) is 118 cm³/mol. The van der Waals surface area contributed by atoms with Gasteiger partial charge in [-0.05, 0) is 61.7 Å². The fraction of sp³-hybridized carbons (Fsp3) is 0.318. The molecule has 0 unspecified atom stereocenters. The normalized spacial score (nSPS) is 10.3. The fourth-order valence-corrected chi connectivity index (χ4v) is 3.07. The molecule has 0 atom stereocenters. The lowest BCUT2D eigenvalue weighted by Gasteiger charge is -2.09. The molecular weight excluding hydrogens is 388 g/mol. The molecule has 0 bridgehead atoms. The van der Waals surface area contributed by atoms with Gasteiger partial charge in [0, 0.05) is 11.4 Å². The molecule has 0 aromatic heterocycles. The molecule has 0 heterocycles. The Balaban J connectivity index is 1.77. The standard InChI is InChI=1S/C22H26N2O4S/c1-4-10-28-22(27)17-6-5-7-18(12-17)23-20(25)13-29-14-21(26)24-19-9-8-15(2)16(3)11-19/h5-9,11-12H,4,10,13-14H2,1-3H3,(H,23,25)(H,24,26). The molecule has 0 spiro atoms. The number of carbonyl (C=O) groups excluding carboxylic acids is 3. The molecule has 29 heavy (non-hydrogen) atoms. The summed E-state index contributed by atoms with van der Waals surface area (Å²) >= 11 is 1.22. The van der Waals surface area contributed by atoms with Gasteiger partial charge in [-0.25, -0.2) is 4.79 Å². The molecule has 2 aromatic rings. The van der Waals surface area contributed by atoms with Crippen molar-refractivity contribution in [1.29, 1.82) is 0 Å². The monoisotopic (exact) mass is 414 g/mol. The van der Waals surface area contributed by atoms with Crippen LogP contribution in [0.3, 0.4) is 0 Å². The summed E-state index contributed by atoms with van der Waals surface area (Å²) in [5.74, 6) is -0.519. The van der Waals surface area contributed by atoms with Gasteiger partial charge in [-0.1, -0.05) is 19.1 Å². The Morgan fingerprint density at radius 3 is 2.17 bits per heavy atom. The van der Waals surface area contributed by atoms with Gasteiger partial charge in [-0.3, -0.25) is 9.59 Å². The van der Waals surface area contributed by atoms with E-state index in [1.54, 1.807) is 24.3 Å². The first-order valence-electron chi connectivity index (χ1n) is 9.41. The molecule has 0 aliphatic heterocycles. The van der Waals surface area contributed by atoms with Crippen LogP contribution < -0.4 is 10.6 Å². The highest BCUT2D eigenvalue weighted by Gasteiger charge is 2.10. The molecule has 2 N–H and O–H groups in total. The van der Waals surface area contributed by atoms with Crippen molar-refractivity contribution in [3.05, 3.63) is 59.2 Å². The molecule has 0 saturated carbocycles. The summed E-state index contributed by atoms with van der Waals surface area (Å²) in [5, 5.41) is 5.56. The van der Waals surface area contributed by atoms with Crippen LogP contribution in [0.2, 0.25) is 0 Å². The Kier molecular flexibility index (Phi) is 8.73. The Morgan fingerprint density at radius 2 is 1.55 bits per heavy atom. The molecule has 6 nitrogen and oxygen atoms in total. The van der Waals surface area contributed by atoms with Crippen LogP contribution in [0.4, 0.5) is 11.4 Å². The highest BCUT2D eigenvalue weighted by atomic mass is 32.2. The number of amides is 2. The van der Waals surface area contributed by atoms with E-state index in [1.165, 1.54) is 11.8 Å². The van der Waals surface area contributed by atoms with Crippen LogP contribution in [-0.4, -0.2) is 35.9 Å². The van der Waals surface area contributed by atoms with Gasteiger partial charge < -0.3 is 15.4 Å². The van der Waals surface area contributed by atoms with E-state index in [0.717, 1.165) is 23.2 Å². The van der Waals surface area contributed by atoms with Crippen LogP contribution in [0.5, 0.6) is 0 Å². The number of rotatable bonds is 9. The lowest BCUT2D eigenvalue weighted by atomic mass is 10.1. The summed E-state index contributed by atoms with van der Waals surface area (Å²) in [6, 6.07) is 12.3. The number of nitrogens with one attached hydrogen (secondary N) is 2. The number of carbonyl (C=O) groups is 3. The molecule has 0 aliphatic rings. The number of hydrogen-bond acceptors (Lipinski definition) is 5. The summed E-state index contributed by atoms with van der Waals surface area (Å²) in [4.78, 5) is 36.0. The van der Waals surface area contributed by atoms with Crippen LogP contribution in [0.1, 0.15) is 34.8 Å². The minimum atomic E-state index is -0.416. The molecule has 2 amide bonds. The van der Waals surface area contributed by atoms with Crippen LogP contribution in [0.25, 0.3) is 0 Å². The van der Waals surface area contributed by atoms with E-state index in [-0.39, 0.29) is 23.3 Å². The molecule has 154 valence electrons. The van der Waals surface area contributed by atoms with Gasteiger partial charge in [0.05, 0.1) is 23.7 Å². The summed E-state index contributed by atoms with van der Waals surface area (Å²) in [7, 11) is 0. The fourth-order valence-electron chi connectivity index (χ4n) is 2.45. The van der Waals surface area contributed by atoms with Crippen LogP contribution >= 0.6 is 11.8 Å². The third-order valence-corrected chi connectivity index (χ3v) is 5.01. The van der Waals surface area contributed by atoms with Crippen molar-refractivity contribution < 1.29 is 19.1 Å². The minimum Gasteiger partial charge on any atom is -0.462 e. The Morgan fingerprint density at radius 1 is 0.897 bits per heavy atom. The van der Waals surface area contributed by atoms with Crippen molar-refractivity contribution in [2.45, 2.75) is 27.2 Å². The van der Waals surface area contributed by atoms with Gasteiger partial charge in [0.25, 0.3) is 0 Å². The highest BCUT2D eigenvalue weighted by molar-refractivity contribution is 8.00. The van der Waals surface area contributed by atoms with Gasteiger partial charge in [-0.15, -0.1) is 11.8 Å². The molecule has 0 aliphatic carbocycles. The number of anilines is 2. The average molecular weight is 415 g/mol. The van der Waals surface area contributed by atoms with E-state index in [4.69, 9.17) is 4.74 Å². The smallest absolute Gasteiger partial charge is 0.338 e. The zero-order valence-electron chi connectivity index (χ0n) is 16.9. The first-order chi connectivity index (χ1) is 13.9. The van der Waals surface area contributed by atoms with Gasteiger partial charge in [0.15, 0.2) is 0 Å². The Bertz CT molecular complexity index is 883. The first kappa shape index (κ1) is 22.5. The van der Waals surface area contributed by atoms with Gasteiger partial charge >= 0.3 is 5.97 Å². The van der Waals surface area contributed by atoms with E-state index < -0.39 is 5.97 Å². The van der Waals surface area contributed by atoms with E-state index in [2.05, 4.69) is 10.6 Å². The Labute approximate surface area is 175 Å². The highest BCUT2D eigenvalue weighted by Crippen LogP contribution is 2.15. The molecule has 2 aromatic carbocycles. The van der Waals surface area contributed by atoms with Crippen LogP contribution in [-0.2, 0) is 14.3 Å². The largest absolute Gasteiger partial charge is 0.462 e. The summed E-state index contributed by atoms with van der Waals surface area (Å²) in [5.41, 5.74) is 3.92. The minimum absolute atomic E-state index is 0.130. The molecule has 7 heteroatoms. The van der Waals surface area contributed by atoms with Crippen molar-refractivity contribution in [1.82, 2.24) is 0 Å². The maximum Gasteiger partial charge on any atom is 0.338 e. The number of aryl methyl sites for hydroxylation is 2. The lowest BCUT2D eigenvalue weighted by molar-refractivity contribution is -0.114. The van der Waals surface area contributed by atoms with Gasteiger partial charge in [-0.2, -0.15) is 0 Å². The summed E-state index contributed by atoms with van der Waals surface area (Å²) < 4.78 is 5.09. The van der Waals surface area contributed by atoms with E-state index in [1.807, 2.05) is 39.0 Å². The Hall–Kier alpha value is -2.80. The molecule has 2 rings (SSSR count). The average Bonchev–Trinajstić information content (AvgIpc) is 2.69. The van der Waals surface area contributed by atoms with E-state index in [0.29, 0.717) is 17.9 Å². The van der Waals surface area contributed by atoms with Crippen molar-refractivity contribution in [2.75, 3.05) is 28.7 Å². The molecule has 0 fully saturated rings. The lowest BCUT2D eigenvalue weighted by Crippen LogP contribution is -2.18. The number of ether oxygens (including phenoxy) is 1. The second-order valence-electron chi connectivity index (χ2n) is 6.60. The second-order valence-corrected chi connectivity index (χ2v) is 7.59. The van der Waals surface area contributed by atoms with Crippen molar-refractivity contribution in [3.63, 3.8) is 0 Å². The third-order valence-electron chi connectivity index (χ3n) is 4.08. The van der Waals surface area contributed by atoms with Gasteiger partial charge in [0.2, 0.25) is 11.8 Å². The van der Waals surface area contributed by atoms with E-state index in [9.17, 15) is 14.4 Å². The molecule has 0 saturated heterocycles. The maximum absolute atomic E-state index is 12.1.